The van der Waals surface area contributed by atoms with Crippen molar-refractivity contribution >= 4 is 21.6 Å². The molecule has 0 radical (unpaired) electrons. The number of sulfonamides is 1. The van der Waals surface area contributed by atoms with Gasteiger partial charge in [0.05, 0.1) is 18.6 Å². The largest absolute Gasteiger partial charge is 0.492 e. The molecule has 1 aromatic heterocycles. The Morgan fingerprint density at radius 3 is 2.62 bits per heavy atom. The van der Waals surface area contributed by atoms with Crippen LogP contribution in [0.3, 0.4) is 0 Å². The van der Waals surface area contributed by atoms with E-state index in [1.165, 1.54) is 30.6 Å². The van der Waals surface area contributed by atoms with Gasteiger partial charge in [-0.15, -0.1) is 0 Å². The van der Waals surface area contributed by atoms with Crippen molar-refractivity contribution in [3.8, 4) is 5.75 Å². The van der Waals surface area contributed by atoms with Crippen LogP contribution < -0.4 is 14.8 Å². The zero-order chi connectivity index (χ0) is 23.1. The van der Waals surface area contributed by atoms with Gasteiger partial charge in [-0.1, -0.05) is 24.3 Å². The molecule has 3 rings (SSSR count). The summed E-state index contributed by atoms with van der Waals surface area (Å²) in [6.07, 6.45) is 2.82. The molecule has 0 aliphatic rings. The lowest BCUT2D eigenvalue weighted by Gasteiger charge is -2.14. The number of carbonyl (C=O) groups is 1. The zero-order valence-electron chi connectivity index (χ0n) is 17.1. The Bertz CT molecular complexity index is 1220. The summed E-state index contributed by atoms with van der Waals surface area (Å²) >= 11 is 0. The number of amides is 1. The molecule has 0 aliphatic heterocycles. The number of benzene rings is 2. The van der Waals surface area contributed by atoms with E-state index in [9.17, 15) is 22.0 Å². The fourth-order valence-electron chi connectivity index (χ4n) is 2.94. The molecule has 0 bridgehead atoms. The molecule has 0 spiro atoms. The standard InChI is InChI=1S/C22H21F2N3O4S/c1-2-31-21-9-10-25-13-20(21)27-32(29,30)14-16-5-3-4-6-17(16)22(28)26-12-15-7-8-18(23)19(24)11-15/h3-11,13,27H,2,12,14H2,1H3,(H,26,28). The van der Waals surface area contributed by atoms with E-state index in [2.05, 4.69) is 15.0 Å². The summed E-state index contributed by atoms with van der Waals surface area (Å²) in [6, 6.07) is 11.1. The van der Waals surface area contributed by atoms with Crippen LogP contribution in [0.1, 0.15) is 28.4 Å². The molecule has 0 atom stereocenters. The number of anilines is 1. The van der Waals surface area contributed by atoms with E-state index < -0.39 is 33.3 Å². The molecule has 1 amide bonds. The Morgan fingerprint density at radius 2 is 1.88 bits per heavy atom. The molecule has 3 aromatic rings. The first kappa shape index (κ1) is 23.1. The highest BCUT2D eigenvalue weighted by molar-refractivity contribution is 7.91. The molecule has 0 saturated carbocycles. The number of ether oxygens (including phenoxy) is 1. The average molecular weight is 461 g/mol. The number of nitrogens with zero attached hydrogens (tertiary/aromatic N) is 1. The fourth-order valence-corrected chi connectivity index (χ4v) is 4.16. The lowest BCUT2D eigenvalue weighted by Crippen LogP contribution is -2.25. The van der Waals surface area contributed by atoms with Crippen molar-refractivity contribution in [2.24, 2.45) is 0 Å². The van der Waals surface area contributed by atoms with Crippen molar-refractivity contribution in [3.63, 3.8) is 0 Å². The van der Waals surface area contributed by atoms with Gasteiger partial charge in [-0.3, -0.25) is 14.5 Å². The summed E-state index contributed by atoms with van der Waals surface area (Å²) in [4.78, 5) is 16.6. The quantitative estimate of drug-likeness (QED) is 0.507. The van der Waals surface area contributed by atoms with Gasteiger partial charge >= 0.3 is 0 Å². The Labute approximate surface area is 184 Å². The number of hydrogen-bond donors (Lipinski definition) is 2. The van der Waals surface area contributed by atoms with Crippen molar-refractivity contribution in [1.29, 1.82) is 0 Å². The van der Waals surface area contributed by atoms with E-state index in [1.807, 2.05) is 0 Å². The second-order valence-corrected chi connectivity index (χ2v) is 8.48. The van der Waals surface area contributed by atoms with Crippen LogP contribution in [0.4, 0.5) is 14.5 Å². The molecule has 168 valence electrons. The summed E-state index contributed by atoms with van der Waals surface area (Å²) in [7, 11) is -3.90. The first-order valence-electron chi connectivity index (χ1n) is 9.66. The van der Waals surface area contributed by atoms with Gasteiger partial charge in [0.15, 0.2) is 11.6 Å². The molecule has 1 heterocycles. The van der Waals surface area contributed by atoms with E-state index in [0.29, 0.717) is 17.9 Å². The minimum absolute atomic E-state index is 0.0528. The van der Waals surface area contributed by atoms with Crippen molar-refractivity contribution in [2.75, 3.05) is 11.3 Å². The maximum atomic E-state index is 13.4. The predicted octanol–water partition coefficient (Wildman–Crippen LogP) is 3.63. The maximum absolute atomic E-state index is 13.4. The highest BCUT2D eigenvalue weighted by atomic mass is 32.2. The van der Waals surface area contributed by atoms with Crippen LogP contribution in [0, 0.1) is 11.6 Å². The van der Waals surface area contributed by atoms with Crippen LogP contribution in [0.2, 0.25) is 0 Å². The fraction of sp³-hybridized carbons (Fsp3) is 0.182. The van der Waals surface area contributed by atoms with Crippen molar-refractivity contribution in [2.45, 2.75) is 19.2 Å². The zero-order valence-corrected chi connectivity index (χ0v) is 18.0. The van der Waals surface area contributed by atoms with E-state index in [0.717, 1.165) is 12.1 Å². The van der Waals surface area contributed by atoms with Gasteiger partial charge in [0.2, 0.25) is 10.0 Å². The number of rotatable bonds is 9. The van der Waals surface area contributed by atoms with Gasteiger partial charge < -0.3 is 10.1 Å². The second kappa shape index (κ2) is 10.2. The molecule has 32 heavy (non-hydrogen) atoms. The summed E-state index contributed by atoms with van der Waals surface area (Å²) in [6.45, 7) is 2.07. The van der Waals surface area contributed by atoms with E-state index >= 15 is 0 Å². The van der Waals surface area contributed by atoms with Crippen molar-refractivity contribution in [1.82, 2.24) is 10.3 Å². The van der Waals surface area contributed by atoms with Crippen LogP contribution in [-0.2, 0) is 22.3 Å². The molecule has 0 fully saturated rings. The molecule has 0 aliphatic carbocycles. The maximum Gasteiger partial charge on any atom is 0.251 e. The summed E-state index contributed by atoms with van der Waals surface area (Å²) in [5.74, 6) is -2.68. The van der Waals surface area contributed by atoms with Crippen LogP contribution in [0.5, 0.6) is 5.75 Å². The number of nitrogens with one attached hydrogen (secondary N) is 2. The lowest BCUT2D eigenvalue weighted by molar-refractivity contribution is 0.0950. The number of aromatic nitrogens is 1. The molecular formula is C22H21F2N3O4S. The summed E-state index contributed by atoms with van der Waals surface area (Å²) in [5, 5.41) is 2.59. The average Bonchev–Trinajstić information content (AvgIpc) is 2.76. The molecule has 2 aromatic carbocycles. The molecule has 10 heteroatoms. The monoisotopic (exact) mass is 461 g/mol. The van der Waals surface area contributed by atoms with E-state index in [4.69, 9.17) is 4.74 Å². The lowest BCUT2D eigenvalue weighted by atomic mass is 10.1. The number of carbonyl (C=O) groups excluding carboxylic acids is 1. The van der Waals surface area contributed by atoms with Crippen LogP contribution in [-0.4, -0.2) is 25.9 Å². The Kier molecular flexibility index (Phi) is 7.37. The number of hydrogen-bond acceptors (Lipinski definition) is 5. The molecular weight excluding hydrogens is 440 g/mol. The Morgan fingerprint density at radius 1 is 1.09 bits per heavy atom. The van der Waals surface area contributed by atoms with E-state index in [-0.39, 0.29) is 23.4 Å². The summed E-state index contributed by atoms with van der Waals surface area (Å²) in [5.41, 5.74) is 0.972. The van der Waals surface area contributed by atoms with Crippen molar-refractivity contribution < 1.29 is 26.7 Å². The van der Waals surface area contributed by atoms with E-state index in [1.54, 1.807) is 25.1 Å². The third-order valence-electron chi connectivity index (χ3n) is 4.39. The highest BCUT2D eigenvalue weighted by Gasteiger charge is 2.19. The van der Waals surface area contributed by atoms with Crippen LogP contribution in [0.15, 0.2) is 60.9 Å². The van der Waals surface area contributed by atoms with Gasteiger partial charge in [0.25, 0.3) is 5.91 Å². The number of halogens is 2. The van der Waals surface area contributed by atoms with Gasteiger partial charge in [0.1, 0.15) is 11.4 Å². The van der Waals surface area contributed by atoms with Gasteiger partial charge in [-0.05, 0) is 36.2 Å². The third kappa shape index (κ3) is 6.01. The molecule has 2 N–H and O–H groups in total. The van der Waals surface area contributed by atoms with Gasteiger partial charge in [-0.2, -0.15) is 0 Å². The molecule has 0 saturated heterocycles. The van der Waals surface area contributed by atoms with Crippen molar-refractivity contribution in [3.05, 3.63) is 89.2 Å². The normalized spacial score (nSPS) is 11.1. The first-order chi connectivity index (χ1) is 15.3. The Hall–Kier alpha value is -3.53. The Balaban J connectivity index is 1.74. The SMILES string of the molecule is CCOc1ccncc1NS(=O)(=O)Cc1ccccc1C(=O)NCc1ccc(F)c(F)c1. The van der Waals surface area contributed by atoms with Crippen LogP contribution in [0.25, 0.3) is 0 Å². The predicted molar refractivity (Wildman–Crippen MR) is 116 cm³/mol. The summed E-state index contributed by atoms with van der Waals surface area (Å²) < 4.78 is 59.7. The second-order valence-electron chi connectivity index (χ2n) is 6.75. The van der Waals surface area contributed by atoms with Gasteiger partial charge in [-0.25, -0.2) is 17.2 Å². The first-order valence-corrected chi connectivity index (χ1v) is 11.3. The molecule has 0 unspecified atom stereocenters. The smallest absolute Gasteiger partial charge is 0.251 e. The number of pyridine rings is 1. The van der Waals surface area contributed by atoms with Gasteiger partial charge in [0, 0.05) is 24.4 Å². The molecule has 7 nitrogen and oxygen atoms in total. The minimum atomic E-state index is -3.90. The minimum Gasteiger partial charge on any atom is -0.492 e. The third-order valence-corrected chi connectivity index (χ3v) is 5.61. The highest BCUT2D eigenvalue weighted by Crippen LogP contribution is 2.25. The van der Waals surface area contributed by atoms with Crippen LogP contribution >= 0.6 is 0 Å². The topological polar surface area (TPSA) is 97.4 Å².